The molecule has 2 aliphatic rings. The molecule has 2 heterocycles. The van der Waals surface area contributed by atoms with Crippen LogP contribution < -0.4 is 5.32 Å². The van der Waals surface area contributed by atoms with Gasteiger partial charge in [-0.1, -0.05) is 12.1 Å². The lowest BCUT2D eigenvalue weighted by molar-refractivity contribution is 0.0475. The Morgan fingerprint density at radius 3 is 2.69 bits per heavy atom. The van der Waals surface area contributed by atoms with Crippen molar-refractivity contribution in [3.05, 3.63) is 70.0 Å². The van der Waals surface area contributed by atoms with E-state index in [-0.39, 0.29) is 42.4 Å². The molecule has 0 aliphatic carbocycles. The second-order valence-electron chi connectivity index (χ2n) is 7.38. The van der Waals surface area contributed by atoms with Crippen LogP contribution in [0.25, 0.3) is 0 Å². The van der Waals surface area contributed by atoms with Crippen molar-refractivity contribution in [1.82, 2.24) is 10.2 Å². The molecule has 0 spiro atoms. The normalized spacial score (nSPS) is 18.3. The number of nitrogens with zero attached hydrogens (tertiary/aromatic N) is 1. The molecule has 6 nitrogen and oxygen atoms in total. The maximum atomic E-state index is 13.4. The number of hydrogen-bond acceptors (Lipinski definition) is 4. The van der Waals surface area contributed by atoms with Crippen molar-refractivity contribution in [3.63, 3.8) is 0 Å². The Hall–Kier alpha value is -3.06. The fourth-order valence-corrected chi connectivity index (χ4v) is 3.69. The molecule has 1 unspecified atom stereocenters. The number of hydrogen-bond donors (Lipinski definition) is 1. The molecule has 0 saturated carbocycles. The zero-order valence-corrected chi connectivity index (χ0v) is 16.0. The Morgan fingerprint density at radius 2 is 1.97 bits per heavy atom. The van der Waals surface area contributed by atoms with Crippen LogP contribution in [0.3, 0.4) is 0 Å². The van der Waals surface area contributed by atoms with Gasteiger partial charge in [0.1, 0.15) is 5.82 Å². The number of nitrogens with one attached hydrogen (secondary N) is 1. The minimum Gasteiger partial charge on any atom is -0.376 e. The summed E-state index contributed by atoms with van der Waals surface area (Å²) in [5.74, 6) is -1.42. The monoisotopic (exact) mass is 396 g/mol. The predicted octanol–water partition coefficient (Wildman–Crippen LogP) is 2.84. The summed E-state index contributed by atoms with van der Waals surface area (Å²) in [6, 6.07) is 9.14. The van der Waals surface area contributed by atoms with Crippen molar-refractivity contribution in [2.75, 3.05) is 13.2 Å². The minimum absolute atomic E-state index is 0.126. The molecule has 0 radical (unpaired) electrons. The van der Waals surface area contributed by atoms with Gasteiger partial charge < -0.3 is 10.1 Å². The summed E-state index contributed by atoms with van der Waals surface area (Å²) < 4.78 is 18.9. The van der Waals surface area contributed by atoms with Crippen molar-refractivity contribution >= 4 is 17.7 Å². The van der Waals surface area contributed by atoms with E-state index in [1.807, 2.05) is 0 Å². The second kappa shape index (κ2) is 7.75. The largest absolute Gasteiger partial charge is 0.376 e. The quantitative estimate of drug-likeness (QED) is 0.789. The fourth-order valence-electron chi connectivity index (χ4n) is 3.69. The Balaban J connectivity index is 1.46. The topological polar surface area (TPSA) is 75.7 Å². The highest BCUT2D eigenvalue weighted by Crippen LogP contribution is 2.26. The molecule has 0 aromatic heterocycles. The van der Waals surface area contributed by atoms with E-state index in [2.05, 4.69) is 5.32 Å². The summed E-state index contributed by atoms with van der Waals surface area (Å²) in [6.07, 6.45) is 1.62. The maximum Gasteiger partial charge on any atom is 0.261 e. The summed E-state index contributed by atoms with van der Waals surface area (Å²) in [5, 5.41) is 2.76. The SMILES string of the molecule is Cc1cc(CNC(=O)c2ccc3c(c2)C(=O)N(CC2CCCO2)C3=O)ccc1F. The standard InChI is InChI=1S/C22H21FN2O4/c1-13-9-14(4-7-19(13)23)11-24-20(26)15-5-6-17-18(10-15)22(28)25(21(17)27)12-16-3-2-8-29-16/h4-7,9-10,16H,2-3,8,11-12H2,1H3,(H,24,26). The van der Waals surface area contributed by atoms with Gasteiger partial charge in [-0.05, 0) is 55.2 Å². The summed E-state index contributed by atoms with van der Waals surface area (Å²) in [7, 11) is 0. The van der Waals surface area contributed by atoms with E-state index in [1.54, 1.807) is 19.1 Å². The first-order valence-corrected chi connectivity index (χ1v) is 9.59. The number of halogens is 1. The maximum absolute atomic E-state index is 13.4. The van der Waals surface area contributed by atoms with Crippen molar-refractivity contribution < 1.29 is 23.5 Å². The third kappa shape index (κ3) is 3.78. The highest BCUT2D eigenvalue weighted by molar-refractivity contribution is 6.22. The minimum atomic E-state index is -0.399. The molecule has 2 aliphatic heterocycles. The Morgan fingerprint density at radius 1 is 1.17 bits per heavy atom. The van der Waals surface area contributed by atoms with E-state index in [0.717, 1.165) is 18.4 Å². The molecule has 1 N–H and O–H groups in total. The van der Waals surface area contributed by atoms with E-state index < -0.39 is 5.91 Å². The summed E-state index contributed by atoms with van der Waals surface area (Å²) in [5.41, 5.74) is 2.11. The van der Waals surface area contributed by atoms with Gasteiger partial charge in [-0.2, -0.15) is 0 Å². The van der Waals surface area contributed by atoms with E-state index in [0.29, 0.717) is 23.3 Å². The number of amides is 3. The third-order valence-corrected chi connectivity index (χ3v) is 5.32. The van der Waals surface area contributed by atoms with Crippen molar-refractivity contribution in [1.29, 1.82) is 0 Å². The number of aryl methyl sites for hydroxylation is 1. The first-order chi connectivity index (χ1) is 13.9. The van der Waals surface area contributed by atoms with E-state index >= 15 is 0 Å². The molecule has 1 fully saturated rings. The van der Waals surface area contributed by atoms with Crippen molar-refractivity contribution in [2.24, 2.45) is 0 Å². The number of fused-ring (bicyclic) bond motifs is 1. The number of ether oxygens (including phenoxy) is 1. The summed E-state index contributed by atoms with van der Waals surface area (Å²) in [6.45, 7) is 2.77. The number of carbonyl (C=O) groups is 3. The molecular formula is C22H21FN2O4. The molecule has 3 amide bonds. The van der Waals surface area contributed by atoms with Gasteiger partial charge in [-0.25, -0.2) is 4.39 Å². The van der Waals surface area contributed by atoms with Gasteiger partial charge in [-0.3, -0.25) is 19.3 Å². The average molecular weight is 396 g/mol. The molecule has 7 heteroatoms. The van der Waals surface area contributed by atoms with Crippen LogP contribution in [0, 0.1) is 12.7 Å². The van der Waals surface area contributed by atoms with E-state index in [1.165, 1.54) is 29.2 Å². The highest BCUT2D eigenvalue weighted by atomic mass is 19.1. The molecular weight excluding hydrogens is 375 g/mol. The average Bonchev–Trinajstić information content (AvgIpc) is 3.31. The molecule has 2 aromatic rings. The first-order valence-electron chi connectivity index (χ1n) is 9.59. The van der Waals surface area contributed by atoms with Crippen LogP contribution in [0.4, 0.5) is 4.39 Å². The van der Waals surface area contributed by atoms with Gasteiger partial charge >= 0.3 is 0 Å². The van der Waals surface area contributed by atoms with Crippen LogP contribution in [0.1, 0.15) is 55.0 Å². The van der Waals surface area contributed by atoms with Crippen LogP contribution in [0.2, 0.25) is 0 Å². The van der Waals surface area contributed by atoms with Gasteiger partial charge in [0, 0.05) is 18.7 Å². The van der Waals surface area contributed by atoms with E-state index in [9.17, 15) is 18.8 Å². The Kier molecular flexibility index (Phi) is 5.15. The van der Waals surface area contributed by atoms with Gasteiger partial charge in [0.15, 0.2) is 0 Å². The molecule has 150 valence electrons. The zero-order chi connectivity index (χ0) is 20.5. The zero-order valence-electron chi connectivity index (χ0n) is 16.0. The second-order valence-corrected chi connectivity index (χ2v) is 7.38. The van der Waals surface area contributed by atoms with Crippen LogP contribution >= 0.6 is 0 Å². The fraction of sp³-hybridized carbons (Fsp3) is 0.318. The summed E-state index contributed by atoms with van der Waals surface area (Å²) in [4.78, 5) is 39.0. The number of carbonyl (C=O) groups excluding carboxylic acids is 3. The van der Waals surface area contributed by atoms with Gasteiger partial charge in [0.2, 0.25) is 0 Å². The molecule has 1 saturated heterocycles. The van der Waals surface area contributed by atoms with E-state index in [4.69, 9.17) is 4.74 Å². The van der Waals surface area contributed by atoms with Crippen LogP contribution in [0.15, 0.2) is 36.4 Å². The van der Waals surface area contributed by atoms with Gasteiger partial charge in [0.05, 0.1) is 23.8 Å². The third-order valence-electron chi connectivity index (χ3n) is 5.32. The Labute approximate surface area is 167 Å². The number of benzene rings is 2. The molecule has 29 heavy (non-hydrogen) atoms. The predicted molar refractivity (Wildman–Crippen MR) is 103 cm³/mol. The van der Waals surface area contributed by atoms with Crippen LogP contribution in [0.5, 0.6) is 0 Å². The molecule has 0 bridgehead atoms. The highest BCUT2D eigenvalue weighted by Gasteiger charge is 2.37. The van der Waals surface area contributed by atoms with Crippen LogP contribution in [-0.4, -0.2) is 41.9 Å². The van der Waals surface area contributed by atoms with Gasteiger partial charge in [0.25, 0.3) is 17.7 Å². The smallest absolute Gasteiger partial charge is 0.261 e. The number of imide groups is 1. The van der Waals surface area contributed by atoms with Crippen molar-refractivity contribution in [2.45, 2.75) is 32.4 Å². The summed E-state index contributed by atoms with van der Waals surface area (Å²) >= 11 is 0. The lowest BCUT2D eigenvalue weighted by Crippen LogP contribution is -2.36. The van der Waals surface area contributed by atoms with Gasteiger partial charge in [-0.15, -0.1) is 0 Å². The molecule has 4 rings (SSSR count). The number of rotatable bonds is 5. The van der Waals surface area contributed by atoms with Crippen LogP contribution in [-0.2, 0) is 11.3 Å². The first kappa shape index (κ1) is 19.3. The Bertz CT molecular complexity index is 998. The van der Waals surface area contributed by atoms with Crippen molar-refractivity contribution in [3.8, 4) is 0 Å². The molecule has 2 aromatic carbocycles. The molecule has 1 atom stereocenters. The lowest BCUT2D eigenvalue weighted by Gasteiger charge is -2.17. The lowest BCUT2D eigenvalue weighted by atomic mass is 10.1.